The van der Waals surface area contributed by atoms with Crippen molar-refractivity contribution in [1.29, 1.82) is 0 Å². The van der Waals surface area contributed by atoms with E-state index in [1.165, 1.54) is 12.8 Å². The summed E-state index contributed by atoms with van der Waals surface area (Å²) in [4.78, 5) is 27.2. The van der Waals surface area contributed by atoms with Gasteiger partial charge in [0.1, 0.15) is 12.2 Å². The number of ether oxygens (including phenoxy) is 3. The van der Waals surface area contributed by atoms with Gasteiger partial charge in [-0.05, 0) is 111 Å². The van der Waals surface area contributed by atoms with Gasteiger partial charge in [-0.3, -0.25) is 0 Å². The molecule has 7 rings (SSSR count). The molecule has 2 saturated heterocycles. The Hall–Kier alpha value is -1.54. The largest absolute Gasteiger partial charge is 0.446 e. The topological polar surface area (TPSA) is 97.3 Å². The van der Waals surface area contributed by atoms with Gasteiger partial charge in [0, 0.05) is 30.5 Å². The summed E-state index contributed by atoms with van der Waals surface area (Å²) in [7, 11) is 0. The molecule has 45 heavy (non-hydrogen) atoms. The van der Waals surface area contributed by atoms with E-state index < -0.39 is 6.10 Å². The second kappa shape index (κ2) is 10.5. The minimum atomic E-state index is -0.548. The van der Waals surface area contributed by atoms with Gasteiger partial charge in [-0.2, -0.15) is 0 Å². The van der Waals surface area contributed by atoms with Crippen molar-refractivity contribution in [1.82, 2.24) is 10.2 Å². The van der Waals surface area contributed by atoms with Crippen LogP contribution in [0.3, 0.4) is 0 Å². The van der Waals surface area contributed by atoms with Gasteiger partial charge in [0.25, 0.3) is 0 Å². The zero-order valence-electron chi connectivity index (χ0n) is 29.2. The molecular formula is C37H60N2O6. The Morgan fingerprint density at radius 1 is 1.02 bits per heavy atom. The number of aliphatic hydroxyl groups excluding tert-OH is 1. The van der Waals surface area contributed by atoms with E-state index in [0.29, 0.717) is 24.3 Å². The summed E-state index contributed by atoms with van der Waals surface area (Å²) in [6.45, 7) is 20.3. The number of rotatable bonds is 5. The molecule has 8 nitrogen and oxygen atoms in total. The van der Waals surface area contributed by atoms with Crippen LogP contribution in [0, 0.1) is 56.7 Å². The molecule has 254 valence electrons. The van der Waals surface area contributed by atoms with Crippen molar-refractivity contribution in [3.8, 4) is 0 Å². The zero-order valence-corrected chi connectivity index (χ0v) is 29.2. The number of hydrogen-bond acceptors (Lipinski definition) is 6. The van der Waals surface area contributed by atoms with E-state index in [4.69, 9.17) is 14.2 Å². The van der Waals surface area contributed by atoms with E-state index in [1.54, 1.807) is 0 Å². The van der Waals surface area contributed by atoms with Crippen LogP contribution in [0.2, 0.25) is 0 Å². The maximum Gasteiger partial charge on any atom is 0.410 e. The third-order valence-electron chi connectivity index (χ3n) is 15.7. The van der Waals surface area contributed by atoms with E-state index in [2.05, 4.69) is 53.8 Å². The van der Waals surface area contributed by atoms with Crippen LogP contribution >= 0.6 is 0 Å². The fourth-order valence-electron chi connectivity index (χ4n) is 13.4. The van der Waals surface area contributed by atoms with Crippen molar-refractivity contribution in [3.05, 3.63) is 0 Å². The van der Waals surface area contributed by atoms with Crippen molar-refractivity contribution in [2.45, 2.75) is 144 Å². The highest BCUT2D eigenvalue weighted by Crippen LogP contribution is 2.89. The van der Waals surface area contributed by atoms with Gasteiger partial charge in [0.2, 0.25) is 0 Å². The van der Waals surface area contributed by atoms with Crippen molar-refractivity contribution >= 4 is 12.2 Å². The SMILES string of the molecule is CCNC(=O)OC(C(C)C)C1CC(C)C2C(O1)C(O)C1(C)C3CCC4C(C)(C)C(OC(=O)N5CCC5)CCC45CC35CCC21C. The summed E-state index contributed by atoms with van der Waals surface area (Å²) in [6, 6.07) is 0. The van der Waals surface area contributed by atoms with Gasteiger partial charge in [0.05, 0.1) is 18.3 Å². The Morgan fingerprint density at radius 2 is 1.71 bits per heavy atom. The van der Waals surface area contributed by atoms with Crippen LogP contribution in [0.4, 0.5) is 9.59 Å². The van der Waals surface area contributed by atoms with Gasteiger partial charge in [-0.15, -0.1) is 0 Å². The van der Waals surface area contributed by atoms with Gasteiger partial charge in [-0.25, -0.2) is 9.59 Å². The predicted molar refractivity (Wildman–Crippen MR) is 171 cm³/mol. The number of aliphatic hydroxyl groups is 1. The quantitative estimate of drug-likeness (QED) is 0.348. The summed E-state index contributed by atoms with van der Waals surface area (Å²) in [6.07, 6.45) is 7.98. The lowest BCUT2D eigenvalue weighted by atomic mass is 9.41. The standard InChI is InChI=1S/C37H60N2O6/c1-9-38-31(41)45-28(21(2)3)23-19-22(4)27-29(43-23)30(40)35(8)25-12-11-24-33(5,6)26(44-32(42)39-17-10-18-39)13-14-36(24)20-37(25,36)16-15-34(27,35)7/h21-30,40H,9-20H2,1-8H3,(H,38,41). The molecule has 2 aliphatic heterocycles. The number of alkyl carbamates (subject to hydrolysis) is 1. The zero-order chi connectivity index (χ0) is 32.3. The van der Waals surface area contributed by atoms with E-state index in [9.17, 15) is 14.7 Å². The molecular weight excluding hydrogens is 568 g/mol. The van der Waals surface area contributed by atoms with Crippen LogP contribution in [0.1, 0.15) is 113 Å². The van der Waals surface area contributed by atoms with Crippen molar-refractivity contribution in [2.75, 3.05) is 19.6 Å². The first kappa shape index (κ1) is 32.0. The minimum Gasteiger partial charge on any atom is -0.446 e. The van der Waals surface area contributed by atoms with Crippen molar-refractivity contribution < 1.29 is 28.9 Å². The molecule has 2 N–H and O–H groups in total. The monoisotopic (exact) mass is 628 g/mol. The maximum absolute atomic E-state index is 12.9. The summed E-state index contributed by atoms with van der Waals surface area (Å²) < 4.78 is 19.1. The predicted octanol–water partition coefficient (Wildman–Crippen LogP) is 6.78. The number of fused-ring (bicyclic) bond motifs is 4. The van der Waals surface area contributed by atoms with E-state index >= 15 is 0 Å². The fraction of sp³-hybridized carbons (Fsp3) is 0.946. The molecule has 0 bridgehead atoms. The Kier molecular flexibility index (Phi) is 7.46. The Bertz CT molecular complexity index is 1200. The molecule has 7 aliphatic rings. The number of nitrogens with zero attached hydrogens (tertiary/aromatic N) is 1. The normalized spacial score (nSPS) is 49.7. The van der Waals surface area contributed by atoms with Crippen LogP contribution in [-0.2, 0) is 14.2 Å². The van der Waals surface area contributed by atoms with Crippen LogP contribution in [0.15, 0.2) is 0 Å². The number of carbonyl (C=O) groups is 2. The minimum absolute atomic E-state index is 0.0127. The molecule has 5 aliphatic carbocycles. The number of nitrogens with one attached hydrogen (secondary N) is 1. The summed E-state index contributed by atoms with van der Waals surface area (Å²) in [5, 5.41) is 15.3. The second-order valence-corrected chi connectivity index (χ2v) is 17.9. The molecule has 2 amide bonds. The maximum atomic E-state index is 12.9. The average molecular weight is 629 g/mol. The molecule has 13 atom stereocenters. The number of carbonyl (C=O) groups excluding carboxylic acids is 2. The Labute approximate surface area is 271 Å². The van der Waals surface area contributed by atoms with Crippen LogP contribution in [0.5, 0.6) is 0 Å². The highest BCUT2D eigenvalue weighted by molar-refractivity contribution is 5.68. The lowest BCUT2D eigenvalue weighted by Gasteiger charge is -2.63. The summed E-state index contributed by atoms with van der Waals surface area (Å²) >= 11 is 0. The van der Waals surface area contributed by atoms with Crippen LogP contribution < -0.4 is 5.32 Å². The van der Waals surface area contributed by atoms with Crippen molar-refractivity contribution in [3.63, 3.8) is 0 Å². The first-order valence-electron chi connectivity index (χ1n) is 18.4. The van der Waals surface area contributed by atoms with Gasteiger partial charge < -0.3 is 29.5 Å². The van der Waals surface area contributed by atoms with Gasteiger partial charge >= 0.3 is 12.2 Å². The molecule has 2 heterocycles. The third-order valence-corrected chi connectivity index (χ3v) is 15.7. The van der Waals surface area contributed by atoms with E-state index in [1.807, 2.05) is 11.8 Å². The lowest BCUT2D eigenvalue weighted by molar-refractivity contribution is -0.185. The van der Waals surface area contributed by atoms with Gasteiger partial charge in [0.15, 0.2) is 0 Å². The Morgan fingerprint density at radius 3 is 2.36 bits per heavy atom. The highest BCUT2D eigenvalue weighted by Gasteiger charge is 2.84. The third kappa shape index (κ3) is 4.15. The van der Waals surface area contributed by atoms with Crippen LogP contribution in [0.25, 0.3) is 0 Å². The first-order valence-corrected chi connectivity index (χ1v) is 18.4. The summed E-state index contributed by atoms with van der Waals surface area (Å²) in [5.74, 6) is 1.75. The molecule has 8 heteroatoms. The fourth-order valence-corrected chi connectivity index (χ4v) is 13.4. The number of likely N-dealkylation sites (tertiary alicyclic amines) is 1. The molecule has 0 aromatic heterocycles. The lowest BCUT2D eigenvalue weighted by Crippen LogP contribution is -2.60. The summed E-state index contributed by atoms with van der Waals surface area (Å²) in [5.41, 5.74) is 0.234. The molecule has 7 fully saturated rings. The van der Waals surface area contributed by atoms with E-state index in [-0.39, 0.29) is 75.5 Å². The molecule has 2 spiro atoms. The Balaban J connectivity index is 1.14. The van der Waals surface area contributed by atoms with E-state index in [0.717, 1.165) is 58.0 Å². The molecule has 0 radical (unpaired) electrons. The van der Waals surface area contributed by atoms with Crippen LogP contribution in [-0.4, -0.2) is 72.3 Å². The first-order chi connectivity index (χ1) is 21.2. The molecule has 0 aromatic rings. The number of amides is 2. The van der Waals surface area contributed by atoms with Crippen molar-refractivity contribution in [2.24, 2.45) is 56.7 Å². The highest BCUT2D eigenvalue weighted by atomic mass is 16.6. The molecule has 13 unspecified atom stereocenters. The average Bonchev–Trinajstić information content (AvgIpc) is 3.57. The smallest absolute Gasteiger partial charge is 0.410 e. The second-order valence-electron chi connectivity index (χ2n) is 17.9. The van der Waals surface area contributed by atoms with Gasteiger partial charge in [-0.1, -0.05) is 48.5 Å². The molecule has 0 aromatic carbocycles. The molecule has 5 saturated carbocycles. The number of hydrogen-bond donors (Lipinski definition) is 2.